The number of hydrogen-bond acceptors (Lipinski definition) is 5. The molecule has 2 aromatic carbocycles. The number of aryl methyl sites for hydroxylation is 1. The van der Waals surface area contributed by atoms with Crippen molar-refractivity contribution in [3.8, 4) is 5.75 Å². The first kappa shape index (κ1) is 19.5. The Hall–Kier alpha value is -3.29. The van der Waals surface area contributed by atoms with E-state index in [9.17, 15) is 13.2 Å². The van der Waals surface area contributed by atoms with Gasteiger partial charge in [0.2, 0.25) is 5.95 Å². The summed E-state index contributed by atoms with van der Waals surface area (Å²) in [5, 5.41) is 6.02. The van der Waals surface area contributed by atoms with Gasteiger partial charge in [0.05, 0.1) is 12.7 Å². The molecule has 0 amide bonds. The number of methoxy groups -OCH3 is 1. The molecule has 0 radical (unpaired) electrons. The minimum absolute atomic E-state index is 0.295. The van der Waals surface area contributed by atoms with E-state index in [2.05, 4.69) is 20.6 Å². The van der Waals surface area contributed by atoms with Crippen molar-refractivity contribution in [2.45, 2.75) is 19.6 Å². The zero-order valence-corrected chi connectivity index (χ0v) is 15.3. The van der Waals surface area contributed by atoms with Crippen LogP contribution in [0, 0.1) is 6.92 Å². The summed E-state index contributed by atoms with van der Waals surface area (Å²) in [5.74, 6) is 1.50. The normalized spacial score (nSPS) is 11.2. The maximum Gasteiger partial charge on any atom is 0.416 e. The molecule has 0 aliphatic heterocycles. The molecule has 146 valence electrons. The molecule has 0 atom stereocenters. The van der Waals surface area contributed by atoms with E-state index < -0.39 is 11.7 Å². The van der Waals surface area contributed by atoms with Crippen LogP contribution in [-0.2, 0) is 12.7 Å². The summed E-state index contributed by atoms with van der Waals surface area (Å²) in [6.45, 7) is 2.23. The summed E-state index contributed by atoms with van der Waals surface area (Å²) in [6.07, 6.45) is -4.40. The molecule has 0 aliphatic rings. The summed E-state index contributed by atoms with van der Waals surface area (Å²) in [4.78, 5) is 8.66. The van der Waals surface area contributed by atoms with Crippen LogP contribution in [0.1, 0.15) is 16.8 Å². The van der Waals surface area contributed by atoms with E-state index in [0.717, 1.165) is 23.4 Å². The molecule has 5 nitrogen and oxygen atoms in total. The van der Waals surface area contributed by atoms with Crippen LogP contribution in [-0.4, -0.2) is 17.1 Å². The molecule has 8 heteroatoms. The van der Waals surface area contributed by atoms with Crippen molar-refractivity contribution in [3.05, 3.63) is 71.4 Å². The number of rotatable bonds is 6. The quantitative estimate of drug-likeness (QED) is 0.610. The predicted octanol–water partition coefficient (Wildman–Crippen LogP) is 5.17. The summed E-state index contributed by atoms with van der Waals surface area (Å²) in [7, 11) is 1.60. The second-order valence-electron chi connectivity index (χ2n) is 6.09. The van der Waals surface area contributed by atoms with Crippen molar-refractivity contribution in [1.29, 1.82) is 0 Å². The highest BCUT2D eigenvalue weighted by Gasteiger charge is 2.30. The Labute approximate surface area is 160 Å². The van der Waals surface area contributed by atoms with Crippen molar-refractivity contribution < 1.29 is 17.9 Å². The molecule has 1 heterocycles. The fourth-order valence-corrected chi connectivity index (χ4v) is 2.66. The smallest absolute Gasteiger partial charge is 0.416 e. The van der Waals surface area contributed by atoms with Gasteiger partial charge in [0, 0.05) is 29.6 Å². The lowest BCUT2D eigenvalue weighted by molar-refractivity contribution is -0.137. The largest absolute Gasteiger partial charge is 0.496 e. The first-order valence-electron chi connectivity index (χ1n) is 8.51. The van der Waals surface area contributed by atoms with Crippen molar-refractivity contribution in [3.63, 3.8) is 0 Å². The van der Waals surface area contributed by atoms with Crippen LogP contribution >= 0.6 is 0 Å². The molecule has 3 rings (SSSR count). The maximum absolute atomic E-state index is 12.9. The lowest BCUT2D eigenvalue weighted by Crippen LogP contribution is -2.08. The van der Waals surface area contributed by atoms with Gasteiger partial charge >= 0.3 is 6.18 Å². The summed E-state index contributed by atoms with van der Waals surface area (Å²) in [6, 6.07) is 14.2. The van der Waals surface area contributed by atoms with E-state index >= 15 is 0 Å². The van der Waals surface area contributed by atoms with Crippen molar-refractivity contribution in [2.75, 3.05) is 17.7 Å². The topological polar surface area (TPSA) is 59.1 Å². The number of para-hydroxylation sites is 1. The van der Waals surface area contributed by atoms with E-state index in [1.54, 1.807) is 26.2 Å². The fourth-order valence-electron chi connectivity index (χ4n) is 2.66. The third kappa shape index (κ3) is 4.91. The first-order valence-corrected chi connectivity index (χ1v) is 8.51. The molecule has 28 heavy (non-hydrogen) atoms. The van der Waals surface area contributed by atoms with Gasteiger partial charge in [-0.3, -0.25) is 0 Å². The van der Waals surface area contributed by atoms with Gasteiger partial charge in [-0.05, 0) is 31.2 Å². The van der Waals surface area contributed by atoms with E-state index in [1.165, 1.54) is 6.07 Å². The number of anilines is 3. The van der Waals surface area contributed by atoms with Crippen molar-refractivity contribution >= 4 is 17.5 Å². The number of hydrogen-bond donors (Lipinski definition) is 2. The third-order valence-electron chi connectivity index (χ3n) is 3.95. The molecular formula is C20H19F3N4O. The zero-order valence-electron chi connectivity index (χ0n) is 15.3. The molecule has 0 fully saturated rings. The van der Waals surface area contributed by atoms with Gasteiger partial charge in [-0.1, -0.05) is 24.3 Å². The molecule has 0 saturated carbocycles. The fraction of sp³-hybridized carbons (Fsp3) is 0.200. The average molecular weight is 388 g/mol. The Bertz CT molecular complexity index is 960. The van der Waals surface area contributed by atoms with Crippen molar-refractivity contribution in [1.82, 2.24) is 9.97 Å². The standard InChI is InChI=1S/C20H19F3N4O/c1-13-10-18(26-16-8-5-7-15(11-16)20(21,22)23)27-19(25-13)24-12-14-6-3-4-9-17(14)28-2/h3-11H,12H2,1-2H3,(H2,24,25,26,27). The molecule has 0 spiro atoms. The van der Waals surface area contributed by atoms with Crippen LogP contribution in [0.5, 0.6) is 5.75 Å². The van der Waals surface area contributed by atoms with Gasteiger partial charge in [0.1, 0.15) is 11.6 Å². The molecule has 2 N–H and O–H groups in total. The highest BCUT2D eigenvalue weighted by atomic mass is 19.4. The molecule has 0 unspecified atom stereocenters. The second kappa shape index (κ2) is 8.16. The Balaban J connectivity index is 1.77. The minimum atomic E-state index is -4.40. The number of halogens is 3. The molecule has 0 bridgehead atoms. The lowest BCUT2D eigenvalue weighted by Gasteiger charge is -2.13. The van der Waals surface area contributed by atoms with Gasteiger partial charge in [-0.15, -0.1) is 0 Å². The van der Waals surface area contributed by atoms with Crippen LogP contribution in [0.15, 0.2) is 54.6 Å². The predicted molar refractivity (Wildman–Crippen MR) is 102 cm³/mol. The van der Waals surface area contributed by atoms with E-state index in [-0.39, 0.29) is 0 Å². The van der Waals surface area contributed by atoms with Gasteiger partial charge in [-0.25, -0.2) is 4.98 Å². The van der Waals surface area contributed by atoms with E-state index in [1.807, 2.05) is 24.3 Å². The molecule has 0 saturated heterocycles. The summed E-state index contributed by atoms with van der Waals surface area (Å²) < 4.78 is 44.0. The van der Waals surface area contributed by atoms with Gasteiger partial charge in [0.15, 0.2) is 0 Å². The molecular weight excluding hydrogens is 369 g/mol. The SMILES string of the molecule is COc1ccccc1CNc1nc(C)cc(Nc2cccc(C(F)(F)F)c2)n1. The van der Waals surface area contributed by atoms with Gasteiger partial charge in [-0.2, -0.15) is 18.2 Å². The average Bonchev–Trinajstić information content (AvgIpc) is 2.66. The molecule has 0 aliphatic carbocycles. The van der Waals surface area contributed by atoms with Gasteiger partial charge in [0.25, 0.3) is 0 Å². The lowest BCUT2D eigenvalue weighted by atomic mass is 10.2. The first-order chi connectivity index (χ1) is 13.3. The highest BCUT2D eigenvalue weighted by molar-refractivity contribution is 5.58. The summed E-state index contributed by atoms with van der Waals surface area (Å²) in [5.41, 5.74) is 1.18. The van der Waals surface area contributed by atoms with Crippen molar-refractivity contribution in [2.24, 2.45) is 0 Å². The summed E-state index contributed by atoms with van der Waals surface area (Å²) >= 11 is 0. The van der Waals surface area contributed by atoms with Crippen LogP contribution in [0.25, 0.3) is 0 Å². The number of nitrogens with one attached hydrogen (secondary N) is 2. The Morgan fingerprint density at radius 3 is 2.54 bits per heavy atom. The monoisotopic (exact) mass is 388 g/mol. The number of benzene rings is 2. The Kier molecular flexibility index (Phi) is 5.67. The number of aromatic nitrogens is 2. The number of ether oxygens (including phenoxy) is 1. The second-order valence-corrected chi connectivity index (χ2v) is 6.09. The minimum Gasteiger partial charge on any atom is -0.496 e. The van der Waals surface area contributed by atoms with Gasteiger partial charge < -0.3 is 15.4 Å². The highest BCUT2D eigenvalue weighted by Crippen LogP contribution is 2.31. The zero-order chi connectivity index (χ0) is 20.1. The molecule has 1 aromatic heterocycles. The maximum atomic E-state index is 12.9. The molecule has 3 aromatic rings. The van der Waals surface area contributed by atoms with Crippen LogP contribution < -0.4 is 15.4 Å². The Morgan fingerprint density at radius 2 is 1.79 bits per heavy atom. The number of nitrogens with zero attached hydrogens (tertiary/aromatic N) is 2. The third-order valence-corrected chi connectivity index (χ3v) is 3.95. The van der Waals surface area contributed by atoms with Crippen LogP contribution in [0.2, 0.25) is 0 Å². The number of alkyl halides is 3. The Morgan fingerprint density at radius 1 is 1.00 bits per heavy atom. The van der Waals surface area contributed by atoms with E-state index in [0.29, 0.717) is 29.7 Å². The van der Waals surface area contributed by atoms with E-state index in [4.69, 9.17) is 4.74 Å². The van der Waals surface area contributed by atoms with Crippen LogP contribution in [0.4, 0.5) is 30.6 Å². The van der Waals surface area contributed by atoms with Crippen LogP contribution in [0.3, 0.4) is 0 Å².